The number of aromatic nitrogens is 1. The van der Waals surface area contributed by atoms with Crippen molar-refractivity contribution >= 4 is 40.8 Å². The van der Waals surface area contributed by atoms with Crippen molar-refractivity contribution in [1.29, 1.82) is 0 Å². The van der Waals surface area contributed by atoms with Crippen LogP contribution < -0.4 is 4.90 Å². The van der Waals surface area contributed by atoms with Gasteiger partial charge in [-0.1, -0.05) is 19.1 Å². The third-order valence-electron chi connectivity index (χ3n) is 5.53. The molecule has 0 amide bonds. The van der Waals surface area contributed by atoms with Crippen LogP contribution in [0.1, 0.15) is 18.9 Å². The van der Waals surface area contributed by atoms with E-state index in [0.717, 1.165) is 62.2 Å². The van der Waals surface area contributed by atoms with E-state index in [4.69, 9.17) is 0 Å². The number of benzene rings is 2. The van der Waals surface area contributed by atoms with Gasteiger partial charge in [-0.3, -0.25) is 4.90 Å². The van der Waals surface area contributed by atoms with E-state index in [0.29, 0.717) is 0 Å². The summed E-state index contributed by atoms with van der Waals surface area (Å²) in [7, 11) is 0. The van der Waals surface area contributed by atoms with Gasteiger partial charge in [-0.15, -0.1) is 24.2 Å². The van der Waals surface area contributed by atoms with Crippen molar-refractivity contribution in [3.63, 3.8) is 0 Å². The average molecular weight is 434 g/mol. The molecule has 3 aromatic rings. The largest absolute Gasteiger partial charge is 0.368 e. The fourth-order valence-corrected chi connectivity index (χ4v) is 4.89. The number of thioether (sulfide) groups is 1. The lowest BCUT2D eigenvalue weighted by Crippen LogP contribution is -2.46. The third kappa shape index (κ3) is 5.27. The van der Waals surface area contributed by atoms with E-state index < -0.39 is 0 Å². The van der Waals surface area contributed by atoms with Gasteiger partial charge in [0.15, 0.2) is 0 Å². The van der Waals surface area contributed by atoms with Crippen molar-refractivity contribution in [3.05, 3.63) is 60.0 Å². The van der Waals surface area contributed by atoms with E-state index in [1.165, 1.54) is 22.2 Å². The van der Waals surface area contributed by atoms with E-state index in [-0.39, 0.29) is 18.2 Å². The molecule has 0 unspecified atom stereocenters. The van der Waals surface area contributed by atoms with Gasteiger partial charge in [0.25, 0.3) is 0 Å². The summed E-state index contributed by atoms with van der Waals surface area (Å²) in [5.41, 5.74) is 3.63. The minimum atomic E-state index is -0.161. The Morgan fingerprint density at radius 1 is 1.07 bits per heavy atom. The number of para-hydroxylation sites is 1. The number of H-pyrrole nitrogens is 1. The molecule has 0 radical (unpaired) electrons. The van der Waals surface area contributed by atoms with Crippen LogP contribution in [-0.2, 0) is 6.42 Å². The van der Waals surface area contributed by atoms with Crippen LogP contribution in [0.2, 0.25) is 0 Å². The Balaban J connectivity index is 0.00000240. The molecule has 0 saturated carbocycles. The summed E-state index contributed by atoms with van der Waals surface area (Å²) in [6.45, 7) is 7.68. The van der Waals surface area contributed by atoms with Crippen LogP contribution in [0.4, 0.5) is 10.1 Å². The summed E-state index contributed by atoms with van der Waals surface area (Å²) < 4.78 is 13.5. The Morgan fingerprint density at radius 2 is 1.86 bits per heavy atom. The van der Waals surface area contributed by atoms with Crippen LogP contribution in [-0.4, -0.2) is 48.4 Å². The fourth-order valence-electron chi connectivity index (χ4n) is 4.06. The van der Waals surface area contributed by atoms with Gasteiger partial charge in [0.05, 0.1) is 5.69 Å². The Bertz CT molecular complexity index is 921. The van der Waals surface area contributed by atoms with Gasteiger partial charge < -0.3 is 9.88 Å². The van der Waals surface area contributed by atoms with E-state index in [2.05, 4.69) is 46.0 Å². The van der Waals surface area contributed by atoms with Crippen molar-refractivity contribution in [2.75, 3.05) is 43.4 Å². The molecule has 0 bridgehead atoms. The molecule has 2 aromatic carbocycles. The van der Waals surface area contributed by atoms with Gasteiger partial charge in [-0.05, 0) is 61.0 Å². The molecule has 1 aliphatic heterocycles. The number of nitrogens with one attached hydrogen (secondary N) is 1. The molecule has 3 nitrogen and oxygen atoms in total. The van der Waals surface area contributed by atoms with Crippen LogP contribution in [0.5, 0.6) is 0 Å². The van der Waals surface area contributed by atoms with Crippen LogP contribution in [0.15, 0.2) is 53.6 Å². The third-order valence-corrected chi connectivity index (χ3v) is 6.47. The quantitative estimate of drug-likeness (QED) is 0.490. The highest BCUT2D eigenvalue weighted by Gasteiger charge is 2.19. The average Bonchev–Trinajstić information content (AvgIpc) is 3.11. The maximum Gasteiger partial charge on any atom is 0.123 e. The minimum absolute atomic E-state index is 0. The molecule has 29 heavy (non-hydrogen) atoms. The van der Waals surface area contributed by atoms with Crippen molar-refractivity contribution in [2.24, 2.45) is 0 Å². The zero-order valence-electron chi connectivity index (χ0n) is 16.9. The van der Waals surface area contributed by atoms with Gasteiger partial charge in [0.2, 0.25) is 0 Å². The summed E-state index contributed by atoms with van der Waals surface area (Å²) in [5.74, 6) is 0.945. The monoisotopic (exact) mass is 433 g/mol. The molecular weight excluding hydrogens is 405 g/mol. The Labute approximate surface area is 183 Å². The topological polar surface area (TPSA) is 22.3 Å². The second-order valence-corrected chi connectivity index (χ2v) is 8.64. The van der Waals surface area contributed by atoms with Crippen LogP contribution in [0, 0.1) is 5.82 Å². The van der Waals surface area contributed by atoms with Gasteiger partial charge >= 0.3 is 0 Å². The molecular formula is C23H29ClFN3S. The first-order valence-corrected chi connectivity index (χ1v) is 11.2. The molecule has 6 heteroatoms. The molecule has 1 aromatic heterocycles. The normalized spacial score (nSPS) is 14.9. The smallest absolute Gasteiger partial charge is 0.123 e. The number of hydrogen-bond donors (Lipinski definition) is 1. The first-order valence-electron chi connectivity index (χ1n) is 10.2. The van der Waals surface area contributed by atoms with Crippen molar-refractivity contribution in [3.8, 4) is 0 Å². The van der Waals surface area contributed by atoms with Gasteiger partial charge in [-0.2, -0.15) is 0 Å². The Hall–Kier alpha value is -1.69. The van der Waals surface area contributed by atoms with Crippen molar-refractivity contribution in [1.82, 2.24) is 9.88 Å². The number of aromatic amines is 1. The molecule has 1 N–H and O–H groups in total. The molecule has 1 fully saturated rings. The summed E-state index contributed by atoms with van der Waals surface area (Å²) in [6, 6.07) is 13.7. The molecule has 2 heterocycles. The first-order chi connectivity index (χ1) is 13.7. The highest BCUT2D eigenvalue weighted by atomic mass is 35.5. The zero-order chi connectivity index (χ0) is 19.3. The number of halogens is 2. The number of aryl methyl sites for hydroxylation is 1. The number of nitrogens with zero attached hydrogens (tertiary/aromatic N) is 2. The molecule has 0 atom stereocenters. The van der Waals surface area contributed by atoms with Crippen molar-refractivity contribution < 1.29 is 4.39 Å². The van der Waals surface area contributed by atoms with E-state index in [1.54, 1.807) is 6.07 Å². The number of hydrogen-bond acceptors (Lipinski definition) is 3. The molecule has 0 spiro atoms. The van der Waals surface area contributed by atoms with Crippen LogP contribution in [0.25, 0.3) is 10.9 Å². The predicted molar refractivity (Wildman–Crippen MR) is 125 cm³/mol. The van der Waals surface area contributed by atoms with Crippen LogP contribution in [0.3, 0.4) is 0 Å². The maximum absolute atomic E-state index is 13.5. The van der Waals surface area contributed by atoms with E-state index in [1.807, 2.05) is 24.0 Å². The minimum Gasteiger partial charge on any atom is -0.368 e. The molecule has 0 aliphatic carbocycles. The SMILES string of the molecule is CCSc1ccccc1N1CCN(CCCc2c[nH]c3ccc(F)cc23)CC1.Cl. The summed E-state index contributed by atoms with van der Waals surface area (Å²) in [6.07, 6.45) is 4.12. The predicted octanol–water partition coefficient (Wildman–Crippen LogP) is 5.60. The lowest BCUT2D eigenvalue weighted by Gasteiger charge is -2.37. The van der Waals surface area contributed by atoms with Gasteiger partial charge in [0, 0.05) is 48.2 Å². The van der Waals surface area contributed by atoms with Crippen LogP contribution >= 0.6 is 24.2 Å². The van der Waals surface area contributed by atoms with E-state index >= 15 is 0 Å². The molecule has 1 aliphatic rings. The second kappa shape index (κ2) is 10.4. The standard InChI is InChI=1S/C23H28FN3S.ClH/c1-2-28-23-8-4-3-7-22(23)27-14-12-26(13-15-27)11-5-6-18-17-25-21-10-9-19(24)16-20(18)21;/h3-4,7-10,16-17,25H,2,5-6,11-15H2,1H3;1H. The molecule has 4 rings (SSSR count). The van der Waals surface area contributed by atoms with E-state index in [9.17, 15) is 4.39 Å². The number of anilines is 1. The van der Waals surface area contributed by atoms with Gasteiger partial charge in [0.1, 0.15) is 5.82 Å². The summed E-state index contributed by atoms with van der Waals surface area (Å²) in [4.78, 5) is 9.73. The zero-order valence-corrected chi connectivity index (χ0v) is 18.5. The lowest BCUT2D eigenvalue weighted by atomic mass is 10.1. The number of fused-ring (bicyclic) bond motifs is 1. The molecule has 156 valence electrons. The summed E-state index contributed by atoms with van der Waals surface area (Å²) >= 11 is 1.93. The maximum atomic E-state index is 13.5. The Morgan fingerprint density at radius 3 is 2.66 bits per heavy atom. The summed E-state index contributed by atoms with van der Waals surface area (Å²) in [5, 5.41) is 1.02. The van der Waals surface area contributed by atoms with Gasteiger partial charge in [-0.25, -0.2) is 4.39 Å². The van der Waals surface area contributed by atoms with Crippen molar-refractivity contribution in [2.45, 2.75) is 24.7 Å². The fraction of sp³-hybridized carbons (Fsp3) is 0.391. The number of rotatable bonds is 7. The first kappa shape index (κ1) is 22.0. The Kier molecular flexibility index (Phi) is 7.87. The lowest BCUT2D eigenvalue weighted by molar-refractivity contribution is 0.255. The number of piperazine rings is 1. The highest BCUT2D eigenvalue weighted by Crippen LogP contribution is 2.30. The second-order valence-electron chi connectivity index (χ2n) is 7.34. The molecule has 1 saturated heterocycles. The highest BCUT2D eigenvalue weighted by molar-refractivity contribution is 7.99.